The van der Waals surface area contributed by atoms with Gasteiger partial charge in [0.25, 0.3) is 0 Å². The predicted molar refractivity (Wildman–Crippen MR) is 93.6 cm³/mol. The summed E-state index contributed by atoms with van der Waals surface area (Å²) in [5, 5.41) is 39.2. The van der Waals surface area contributed by atoms with Crippen molar-refractivity contribution in [2.45, 2.75) is 43.4 Å². The molecule has 0 spiro atoms. The summed E-state index contributed by atoms with van der Waals surface area (Å²) in [7, 11) is 2.38. The van der Waals surface area contributed by atoms with E-state index in [0.717, 1.165) is 6.26 Å². The van der Waals surface area contributed by atoms with E-state index in [9.17, 15) is 30.0 Å². The Kier molecular flexibility index (Phi) is 8.14. The highest BCUT2D eigenvalue weighted by molar-refractivity contribution is 5.90. The van der Waals surface area contributed by atoms with Gasteiger partial charge in [-0.15, -0.1) is 6.58 Å². The van der Waals surface area contributed by atoms with Crippen LogP contribution in [0.4, 0.5) is 0 Å². The number of hydrogen-bond donors (Lipinski definition) is 4. The number of ether oxygens (including phenoxy) is 5. The molecule has 1 fully saturated rings. The highest BCUT2D eigenvalue weighted by atomic mass is 16.8. The van der Waals surface area contributed by atoms with Gasteiger partial charge in [-0.05, 0) is 0 Å². The average molecular weight is 418 g/mol. The Morgan fingerprint density at radius 2 is 1.83 bits per heavy atom. The maximum absolute atomic E-state index is 12.1. The van der Waals surface area contributed by atoms with Gasteiger partial charge in [-0.3, -0.25) is 4.79 Å². The van der Waals surface area contributed by atoms with Crippen molar-refractivity contribution in [1.29, 1.82) is 0 Å². The molecule has 2 aliphatic heterocycles. The zero-order chi connectivity index (χ0) is 21.7. The minimum Gasteiger partial charge on any atom is -0.471 e. The number of carbonyl (C=O) groups excluding carboxylic acids is 2. The molecule has 11 heteroatoms. The van der Waals surface area contributed by atoms with Crippen LogP contribution < -0.4 is 0 Å². The zero-order valence-electron chi connectivity index (χ0n) is 16.0. The molecule has 0 aromatic rings. The van der Waals surface area contributed by atoms with Crippen LogP contribution in [0.5, 0.6) is 0 Å². The van der Waals surface area contributed by atoms with Gasteiger partial charge in [0.1, 0.15) is 24.4 Å². The van der Waals surface area contributed by atoms with Crippen LogP contribution in [0.2, 0.25) is 0 Å². The van der Waals surface area contributed by atoms with E-state index in [1.165, 1.54) is 20.3 Å². The topological polar surface area (TPSA) is 161 Å². The van der Waals surface area contributed by atoms with Gasteiger partial charge in [0.05, 0.1) is 39.1 Å². The van der Waals surface area contributed by atoms with E-state index in [-0.39, 0.29) is 12.0 Å². The summed E-state index contributed by atoms with van der Waals surface area (Å²) < 4.78 is 25.7. The van der Waals surface area contributed by atoms with Crippen molar-refractivity contribution in [3.8, 4) is 0 Å². The first-order valence-corrected chi connectivity index (χ1v) is 8.88. The Balaban J connectivity index is 2.25. The highest BCUT2D eigenvalue weighted by Crippen LogP contribution is 2.37. The molecule has 8 unspecified atom stereocenters. The van der Waals surface area contributed by atoms with Crippen LogP contribution in [0.1, 0.15) is 6.42 Å². The Bertz CT molecular complexity index is 631. The maximum Gasteiger partial charge on any atom is 0.337 e. The van der Waals surface area contributed by atoms with E-state index in [1.807, 2.05) is 0 Å². The second kappa shape index (κ2) is 10.1. The molecular weight excluding hydrogens is 392 g/mol. The molecule has 0 aromatic carbocycles. The largest absolute Gasteiger partial charge is 0.471 e. The lowest BCUT2D eigenvalue weighted by Gasteiger charge is -2.42. The third kappa shape index (κ3) is 4.94. The Labute approximate surface area is 167 Å². The number of rotatable bonds is 7. The van der Waals surface area contributed by atoms with Gasteiger partial charge in [-0.25, -0.2) is 4.79 Å². The molecule has 0 aromatic heterocycles. The van der Waals surface area contributed by atoms with E-state index in [0.29, 0.717) is 0 Å². The third-order valence-corrected chi connectivity index (χ3v) is 4.93. The molecule has 11 nitrogen and oxygen atoms in total. The van der Waals surface area contributed by atoms with E-state index in [2.05, 4.69) is 11.3 Å². The molecule has 2 rings (SSSR count). The molecule has 0 aliphatic carbocycles. The van der Waals surface area contributed by atoms with Crippen molar-refractivity contribution >= 4 is 11.9 Å². The summed E-state index contributed by atoms with van der Waals surface area (Å²) in [6.07, 6.45) is -6.36. The van der Waals surface area contributed by atoms with Gasteiger partial charge in [0.2, 0.25) is 6.29 Å². The summed E-state index contributed by atoms with van der Waals surface area (Å²) in [6, 6.07) is 0. The molecule has 29 heavy (non-hydrogen) atoms. The molecule has 164 valence electrons. The summed E-state index contributed by atoms with van der Waals surface area (Å²) in [5.74, 6) is -2.83. The van der Waals surface area contributed by atoms with Gasteiger partial charge in [-0.1, -0.05) is 6.08 Å². The minimum atomic E-state index is -1.65. The number of methoxy groups -OCH3 is 2. The van der Waals surface area contributed by atoms with Crippen LogP contribution >= 0.6 is 0 Å². The van der Waals surface area contributed by atoms with Crippen molar-refractivity contribution in [1.82, 2.24) is 0 Å². The number of hydrogen-bond acceptors (Lipinski definition) is 11. The van der Waals surface area contributed by atoms with Crippen LogP contribution in [0, 0.1) is 11.8 Å². The van der Waals surface area contributed by atoms with Crippen molar-refractivity contribution in [2.75, 3.05) is 20.8 Å². The van der Waals surface area contributed by atoms with E-state index in [4.69, 9.17) is 18.9 Å². The van der Waals surface area contributed by atoms with Gasteiger partial charge in [0, 0.05) is 11.8 Å². The summed E-state index contributed by atoms with van der Waals surface area (Å²) >= 11 is 0. The van der Waals surface area contributed by atoms with Crippen LogP contribution in [0.15, 0.2) is 24.5 Å². The predicted octanol–water partition coefficient (Wildman–Crippen LogP) is -1.80. The molecule has 0 bridgehead atoms. The molecule has 0 saturated carbocycles. The Morgan fingerprint density at radius 1 is 1.14 bits per heavy atom. The lowest BCUT2D eigenvalue weighted by molar-refractivity contribution is -0.339. The summed E-state index contributed by atoms with van der Waals surface area (Å²) in [5.41, 5.74) is 0.0662. The van der Waals surface area contributed by atoms with Crippen molar-refractivity contribution in [3.05, 3.63) is 24.5 Å². The fourth-order valence-electron chi connectivity index (χ4n) is 3.25. The highest BCUT2D eigenvalue weighted by Gasteiger charge is 2.47. The SMILES string of the molecule is C=CC1C(OC2OC(CO)C(O)C(O)C2O)OC=C(C(=O)OC)C1CC(=O)OC. The first kappa shape index (κ1) is 23.3. The van der Waals surface area contributed by atoms with Crippen molar-refractivity contribution < 1.29 is 53.7 Å². The number of aliphatic hydroxyl groups is 4. The summed E-state index contributed by atoms with van der Waals surface area (Å²) in [6.45, 7) is 3.06. The molecular formula is C18H26O11. The van der Waals surface area contributed by atoms with Crippen LogP contribution in [-0.2, 0) is 33.3 Å². The summed E-state index contributed by atoms with van der Waals surface area (Å²) in [4.78, 5) is 23.9. The van der Waals surface area contributed by atoms with Gasteiger partial charge >= 0.3 is 11.9 Å². The molecule has 2 aliphatic rings. The van der Waals surface area contributed by atoms with Crippen molar-refractivity contribution in [2.24, 2.45) is 11.8 Å². The molecule has 8 atom stereocenters. The molecule has 0 amide bonds. The standard InChI is InChI=1S/C18H26O11/c1-4-8-9(5-12(20)25-2)10(16(24)26-3)7-27-17(8)29-18-15(23)14(22)13(21)11(6-19)28-18/h4,7-9,11,13-15,17-19,21-23H,1,5-6H2,2-3H3. The Morgan fingerprint density at radius 3 is 2.38 bits per heavy atom. The molecule has 0 radical (unpaired) electrons. The quantitative estimate of drug-likeness (QED) is 0.273. The maximum atomic E-state index is 12.1. The van der Waals surface area contributed by atoms with Crippen molar-refractivity contribution in [3.63, 3.8) is 0 Å². The van der Waals surface area contributed by atoms with Crippen LogP contribution in [0.3, 0.4) is 0 Å². The minimum absolute atomic E-state index is 0.0662. The first-order chi connectivity index (χ1) is 13.8. The van der Waals surface area contributed by atoms with Crippen LogP contribution in [-0.4, -0.2) is 90.2 Å². The van der Waals surface area contributed by atoms with E-state index in [1.54, 1.807) is 0 Å². The zero-order valence-corrected chi connectivity index (χ0v) is 16.0. The van der Waals surface area contributed by atoms with Gasteiger partial charge < -0.3 is 44.1 Å². The number of carbonyl (C=O) groups is 2. The lowest BCUT2D eigenvalue weighted by atomic mass is 9.81. The lowest BCUT2D eigenvalue weighted by Crippen LogP contribution is -2.60. The monoisotopic (exact) mass is 418 g/mol. The average Bonchev–Trinajstić information content (AvgIpc) is 2.73. The van der Waals surface area contributed by atoms with Gasteiger partial charge in [0.15, 0.2) is 6.29 Å². The fourth-order valence-corrected chi connectivity index (χ4v) is 3.25. The van der Waals surface area contributed by atoms with Gasteiger partial charge in [-0.2, -0.15) is 0 Å². The molecule has 1 saturated heterocycles. The third-order valence-electron chi connectivity index (χ3n) is 4.93. The molecule has 2 heterocycles. The fraction of sp³-hybridized carbons (Fsp3) is 0.667. The Hall–Kier alpha value is -2.02. The number of esters is 2. The van der Waals surface area contributed by atoms with E-state index < -0.39 is 67.4 Å². The van der Waals surface area contributed by atoms with Crippen LogP contribution in [0.25, 0.3) is 0 Å². The first-order valence-electron chi connectivity index (χ1n) is 8.88. The van der Waals surface area contributed by atoms with E-state index >= 15 is 0 Å². The second-order valence-electron chi connectivity index (χ2n) is 6.60. The normalized spacial score (nSPS) is 37.1. The molecule has 4 N–H and O–H groups in total. The second-order valence-corrected chi connectivity index (χ2v) is 6.60. The smallest absolute Gasteiger partial charge is 0.337 e. The number of aliphatic hydroxyl groups excluding tert-OH is 4.